The lowest BCUT2D eigenvalue weighted by Crippen LogP contribution is -2.27. The Kier molecular flexibility index (Phi) is 3.91. The van der Waals surface area contributed by atoms with Crippen molar-refractivity contribution in [1.29, 1.82) is 0 Å². The van der Waals surface area contributed by atoms with Gasteiger partial charge in [0.15, 0.2) is 0 Å². The molecule has 0 saturated carbocycles. The highest BCUT2D eigenvalue weighted by molar-refractivity contribution is 5.97. The number of carbonyl (C=O) groups is 2. The monoisotopic (exact) mass is 298 g/mol. The first-order chi connectivity index (χ1) is 10.6. The van der Waals surface area contributed by atoms with Gasteiger partial charge < -0.3 is 10.2 Å². The van der Waals surface area contributed by atoms with Crippen molar-refractivity contribution in [2.24, 2.45) is 13.0 Å². The molecule has 1 N–H and O–H groups in total. The van der Waals surface area contributed by atoms with Crippen molar-refractivity contribution < 1.29 is 9.59 Å². The van der Waals surface area contributed by atoms with Gasteiger partial charge in [0, 0.05) is 32.8 Å². The molecule has 0 bridgehead atoms. The van der Waals surface area contributed by atoms with Crippen molar-refractivity contribution in [3.8, 4) is 0 Å². The van der Waals surface area contributed by atoms with E-state index in [1.54, 1.807) is 29.0 Å². The van der Waals surface area contributed by atoms with Gasteiger partial charge in [-0.15, -0.1) is 0 Å². The number of aryl methyl sites for hydroxylation is 1. The van der Waals surface area contributed by atoms with Gasteiger partial charge in [-0.2, -0.15) is 5.10 Å². The second-order valence-electron chi connectivity index (χ2n) is 5.55. The summed E-state index contributed by atoms with van der Waals surface area (Å²) in [5.41, 5.74) is 1.73. The summed E-state index contributed by atoms with van der Waals surface area (Å²) in [6.07, 6.45) is 3.59. The van der Waals surface area contributed by atoms with E-state index in [0.29, 0.717) is 18.8 Å². The van der Waals surface area contributed by atoms with E-state index in [2.05, 4.69) is 10.4 Å². The summed E-state index contributed by atoms with van der Waals surface area (Å²) in [4.78, 5) is 26.1. The molecular weight excluding hydrogens is 280 g/mol. The average Bonchev–Trinajstić information content (AvgIpc) is 3.07. The molecule has 0 radical (unpaired) electrons. The fraction of sp³-hybridized carbons (Fsp3) is 0.312. The van der Waals surface area contributed by atoms with Gasteiger partial charge in [0.25, 0.3) is 0 Å². The summed E-state index contributed by atoms with van der Waals surface area (Å²) >= 11 is 0. The van der Waals surface area contributed by atoms with Crippen LogP contribution in [0.5, 0.6) is 0 Å². The second kappa shape index (κ2) is 6.01. The zero-order chi connectivity index (χ0) is 15.5. The van der Waals surface area contributed by atoms with E-state index in [0.717, 1.165) is 5.56 Å². The largest absolute Gasteiger partial charge is 0.338 e. The molecule has 6 nitrogen and oxygen atoms in total. The molecule has 1 atom stereocenters. The average molecular weight is 298 g/mol. The zero-order valence-corrected chi connectivity index (χ0v) is 12.4. The SMILES string of the molecule is Cn1cc(NC(=O)[C@@H]2CC(=O)N(Cc3ccccc3)C2)cn1. The van der Waals surface area contributed by atoms with Crippen LogP contribution in [0, 0.1) is 5.92 Å². The molecule has 1 fully saturated rings. The molecule has 114 valence electrons. The highest BCUT2D eigenvalue weighted by Crippen LogP contribution is 2.21. The number of aromatic nitrogens is 2. The summed E-state index contributed by atoms with van der Waals surface area (Å²) in [6.45, 7) is 1.01. The number of nitrogens with zero attached hydrogens (tertiary/aromatic N) is 3. The number of hydrogen-bond acceptors (Lipinski definition) is 3. The fourth-order valence-corrected chi connectivity index (χ4v) is 2.63. The molecule has 2 heterocycles. The van der Waals surface area contributed by atoms with Crippen molar-refractivity contribution in [1.82, 2.24) is 14.7 Å². The number of hydrogen-bond donors (Lipinski definition) is 1. The molecule has 1 aliphatic rings. The minimum atomic E-state index is -0.309. The van der Waals surface area contributed by atoms with Gasteiger partial charge in [0.05, 0.1) is 17.8 Å². The molecule has 0 aliphatic carbocycles. The Morgan fingerprint density at radius 1 is 1.36 bits per heavy atom. The van der Waals surface area contributed by atoms with Crippen LogP contribution in [0.1, 0.15) is 12.0 Å². The maximum absolute atomic E-state index is 12.2. The van der Waals surface area contributed by atoms with Crippen molar-refractivity contribution in [3.63, 3.8) is 0 Å². The maximum Gasteiger partial charge on any atom is 0.229 e. The van der Waals surface area contributed by atoms with Crippen LogP contribution in [0.2, 0.25) is 0 Å². The van der Waals surface area contributed by atoms with Crippen LogP contribution in [0.15, 0.2) is 42.7 Å². The minimum absolute atomic E-state index is 0.0233. The topological polar surface area (TPSA) is 67.2 Å². The Labute approximate surface area is 128 Å². The Balaban J connectivity index is 1.60. The Morgan fingerprint density at radius 2 is 2.14 bits per heavy atom. The quantitative estimate of drug-likeness (QED) is 0.928. The first-order valence-corrected chi connectivity index (χ1v) is 7.23. The van der Waals surface area contributed by atoms with Gasteiger partial charge in [-0.1, -0.05) is 30.3 Å². The van der Waals surface area contributed by atoms with E-state index >= 15 is 0 Å². The van der Waals surface area contributed by atoms with Gasteiger partial charge >= 0.3 is 0 Å². The van der Waals surface area contributed by atoms with Crippen LogP contribution in [0.4, 0.5) is 5.69 Å². The molecule has 0 spiro atoms. The van der Waals surface area contributed by atoms with Crippen LogP contribution in [-0.2, 0) is 23.2 Å². The minimum Gasteiger partial charge on any atom is -0.338 e. The van der Waals surface area contributed by atoms with Gasteiger partial charge in [-0.05, 0) is 5.56 Å². The second-order valence-corrected chi connectivity index (χ2v) is 5.55. The van der Waals surface area contributed by atoms with E-state index in [-0.39, 0.29) is 24.2 Å². The summed E-state index contributed by atoms with van der Waals surface area (Å²) in [5, 5.41) is 6.82. The van der Waals surface area contributed by atoms with Crippen LogP contribution in [-0.4, -0.2) is 33.0 Å². The lowest BCUT2D eigenvalue weighted by atomic mass is 10.1. The van der Waals surface area contributed by atoms with Crippen LogP contribution in [0.3, 0.4) is 0 Å². The lowest BCUT2D eigenvalue weighted by molar-refractivity contribution is -0.128. The summed E-state index contributed by atoms with van der Waals surface area (Å²) in [6, 6.07) is 9.80. The van der Waals surface area contributed by atoms with E-state index in [4.69, 9.17) is 0 Å². The Morgan fingerprint density at radius 3 is 2.82 bits per heavy atom. The summed E-state index contributed by atoms with van der Waals surface area (Å²) in [7, 11) is 1.79. The number of rotatable bonds is 4. The molecule has 2 amide bonds. The van der Waals surface area contributed by atoms with E-state index in [1.165, 1.54) is 0 Å². The van der Waals surface area contributed by atoms with Crippen LogP contribution in [0.25, 0.3) is 0 Å². The normalized spacial score (nSPS) is 17.8. The predicted octanol–water partition coefficient (Wildman–Crippen LogP) is 1.41. The van der Waals surface area contributed by atoms with Gasteiger partial charge in [0.1, 0.15) is 0 Å². The highest BCUT2D eigenvalue weighted by atomic mass is 16.2. The van der Waals surface area contributed by atoms with Gasteiger partial charge in [-0.25, -0.2) is 0 Å². The number of carbonyl (C=O) groups excluding carboxylic acids is 2. The number of nitrogens with one attached hydrogen (secondary N) is 1. The van der Waals surface area contributed by atoms with E-state index in [9.17, 15) is 9.59 Å². The number of benzene rings is 1. The predicted molar refractivity (Wildman–Crippen MR) is 81.8 cm³/mol. The smallest absolute Gasteiger partial charge is 0.229 e. The summed E-state index contributed by atoms with van der Waals surface area (Å²) in [5.74, 6) is -0.413. The molecule has 1 aromatic carbocycles. The van der Waals surface area contributed by atoms with E-state index in [1.807, 2.05) is 30.3 Å². The molecule has 0 unspecified atom stereocenters. The number of amides is 2. The van der Waals surface area contributed by atoms with Crippen LogP contribution < -0.4 is 5.32 Å². The molecule has 22 heavy (non-hydrogen) atoms. The van der Waals surface area contributed by atoms with Crippen molar-refractivity contribution in [2.45, 2.75) is 13.0 Å². The maximum atomic E-state index is 12.2. The Bertz CT molecular complexity index is 680. The molecule has 1 aliphatic heterocycles. The van der Waals surface area contributed by atoms with Crippen LogP contribution >= 0.6 is 0 Å². The molecular formula is C16H18N4O2. The molecule has 1 aromatic heterocycles. The first kappa shape index (κ1) is 14.3. The number of anilines is 1. The molecule has 2 aromatic rings. The standard InChI is InChI=1S/C16H18N4O2/c1-19-11-14(8-17-19)18-16(22)13-7-15(21)20(10-13)9-12-5-3-2-4-6-12/h2-6,8,11,13H,7,9-10H2,1H3,(H,18,22)/t13-/m1/s1. The van der Waals surface area contributed by atoms with Crippen molar-refractivity contribution in [3.05, 3.63) is 48.3 Å². The summed E-state index contributed by atoms with van der Waals surface area (Å²) < 4.78 is 1.62. The Hall–Kier alpha value is -2.63. The van der Waals surface area contributed by atoms with E-state index < -0.39 is 0 Å². The highest BCUT2D eigenvalue weighted by Gasteiger charge is 2.34. The van der Waals surface area contributed by atoms with Crippen molar-refractivity contribution >= 4 is 17.5 Å². The van der Waals surface area contributed by atoms with Gasteiger partial charge in [0.2, 0.25) is 11.8 Å². The third-order valence-electron chi connectivity index (χ3n) is 3.77. The molecule has 1 saturated heterocycles. The molecule has 6 heteroatoms. The van der Waals surface area contributed by atoms with Gasteiger partial charge in [-0.3, -0.25) is 14.3 Å². The fourth-order valence-electron chi connectivity index (χ4n) is 2.63. The zero-order valence-electron chi connectivity index (χ0n) is 12.4. The first-order valence-electron chi connectivity index (χ1n) is 7.23. The number of likely N-dealkylation sites (tertiary alicyclic amines) is 1. The molecule has 3 rings (SSSR count). The third kappa shape index (κ3) is 3.16. The third-order valence-corrected chi connectivity index (χ3v) is 3.77. The lowest BCUT2D eigenvalue weighted by Gasteiger charge is -2.16. The van der Waals surface area contributed by atoms with Crippen molar-refractivity contribution in [2.75, 3.05) is 11.9 Å².